The average molecular weight is 306 g/mol. The summed E-state index contributed by atoms with van der Waals surface area (Å²) in [5.41, 5.74) is 5.86. The van der Waals surface area contributed by atoms with Crippen LogP contribution in [0.3, 0.4) is 0 Å². The van der Waals surface area contributed by atoms with Gasteiger partial charge in [0.1, 0.15) is 16.5 Å². The van der Waals surface area contributed by atoms with Crippen LogP contribution >= 0.6 is 11.3 Å². The smallest absolute Gasteiger partial charge is 0.260 e. The molecular formula is C14H14N2O4S. The van der Waals surface area contributed by atoms with E-state index < -0.39 is 5.91 Å². The minimum Gasteiger partial charge on any atom is -0.497 e. The SMILES string of the molecule is COc1ccc(C(=O)Nc2sccc2C(N)=O)c(OC)c1. The van der Waals surface area contributed by atoms with Crippen LogP contribution in [0, 0.1) is 0 Å². The zero-order valence-electron chi connectivity index (χ0n) is 11.5. The number of benzene rings is 1. The summed E-state index contributed by atoms with van der Waals surface area (Å²) < 4.78 is 10.3. The number of rotatable bonds is 5. The van der Waals surface area contributed by atoms with Crippen molar-refractivity contribution in [3.63, 3.8) is 0 Å². The predicted octanol–water partition coefficient (Wildman–Crippen LogP) is 2.12. The lowest BCUT2D eigenvalue weighted by Gasteiger charge is -2.10. The van der Waals surface area contributed by atoms with E-state index in [0.717, 1.165) is 0 Å². The van der Waals surface area contributed by atoms with Crippen LogP contribution in [0.2, 0.25) is 0 Å². The number of hydrogen-bond donors (Lipinski definition) is 2. The summed E-state index contributed by atoms with van der Waals surface area (Å²) in [5, 5.41) is 4.75. The molecule has 6 nitrogen and oxygen atoms in total. The molecule has 0 radical (unpaired) electrons. The largest absolute Gasteiger partial charge is 0.497 e. The third-order valence-electron chi connectivity index (χ3n) is 2.81. The lowest BCUT2D eigenvalue weighted by Crippen LogP contribution is -2.17. The summed E-state index contributed by atoms with van der Waals surface area (Å²) in [5.74, 6) is -0.0194. The first kappa shape index (κ1) is 14.9. The zero-order valence-corrected chi connectivity index (χ0v) is 12.3. The molecule has 3 N–H and O–H groups in total. The second-order valence-corrected chi connectivity index (χ2v) is 4.96. The highest BCUT2D eigenvalue weighted by atomic mass is 32.1. The first-order chi connectivity index (χ1) is 10.1. The lowest BCUT2D eigenvalue weighted by atomic mass is 10.1. The van der Waals surface area contributed by atoms with Crippen molar-refractivity contribution in [2.45, 2.75) is 0 Å². The third kappa shape index (κ3) is 3.14. The maximum Gasteiger partial charge on any atom is 0.260 e. The van der Waals surface area contributed by atoms with Crippen LogP contribution in [0.4, 0.5) is 5.00 Å². The summed E-state index contributed by atoms with van der Waals surface area (Å²) in [6.07, 6.45) is 0. The molecule has 2 aromatic rings. The number of carbonyl (C=O) groups is 2. The number of primary amides is 1. The van der Waals surface area contributed by atoms with E-state index in [1.807, 2.05) is 0 Å². The Morgan fingerprint density at radius 1 is 1.14 bits per heavy atom. The number of ether oxygens (including phenoxy) is 2. The van der Waals surface area contributed by atoms with E-state index in [1.54, 1.807) is 29.6 Å². The van der Waals surface area contributed by atoms with Gasteiger partial charge in [0, 0.05) is 6.07 Å². The van der Waals surface area contributed by atoms with Crippen LogP contribution in [0.1, 0.15) is 20.7 Å². The molecular weight excluding hydrogens is 292 g/mol. The van der Waals surface area contributed by atoms with Gasteiger partial charge in [0.2, 0.25) is 0 Å². The van der Waals surface area contributed by atoms with Crippen molar-refractivity contribution >= 4 is 28.2 Å². The Kier molecular flexibility index (Phi) is 4.44. The Bertz CT molecular complexity index is 681. The van der Waals surface area contributed by atoms with Gasteiger partial charge in [0.25, 0.3) is 11.8 Å². The lowest BCUT2D eigenvalue weighted by molar-refractivity contribution is 0.100. The topological polar surface area (TPSA) is 90.6 Å². The summed E-state index contributed by atoms with van der Waals surface area (Å²) in [6.45, 7) is 0. The van der Waals surface area contributed by atoms with Gasteiger partial charge in [-0.15, -0.1) is 11.3 Å². The minimum atomic E-state index is -0.590. The minimum absolute atomic E-state index is 0.279. The first-order valence-electron chi connectivity index (χ1n) is 5.97. The van der Waals surface area contributed by atoms with Crippen molar-refractivity contribution in [1.29, 1.82) is 0 Å². The third-order valence-corrected chi connectivity index (χ3v) is 3.64. The fourth-order valence-corrected chi connectivity index (χ4v) is 2.54. The van der Waals surface area contributed by atoms with E-state index >= 15 is 0 Å². The quantitative estimate of drug-likeness (QED) is 0.885. The highest BCUT2D eigenvalue weighted by Crippen LogP contribution is 2.27. The zero-order chi connectivity index (χ0) is 15.4. The highest BCUT2D eigenvalue weighted by molar-refractivity contribution is 7.14. The molecule has 0 aliphatic carbocycles. The molecule has 0 bridgehead atoms. The van der Waals surface area contributed by atoms with Crippen LogP contribution in [-0.2, 0) is 0 Å². The van der Waals surface area contributed by atoms with Crippen molar-refractivity contribution in [2.75, 3.05) is 19.5 Å². The molecule has 1 aromatic heterocycles. The van der Waals surface area contributed by atoms with Gasteiger partial charge >= 0.3 is 0 Å². The monoisotopic (exact) mass is 306 g/mol. The van der Waals surface area contributed by atoms with Crippen LogP contribution in [0.15, 0.2) is 29.6 Å². The van der Waals surface area contributed by atoms with Gasteiger partial charge in [-0.1, -0.05) is 0 Å². The van der Waals surface area contributed by atoms with Gasteiger partial charge in [-0.3, -0.25) is 9.59 Å². The molecule has 110 valence electrons. The number of thiophene rings is 1. The van der Waals surface area contributed by atoms with Gasteiger partial charge in [-0.2, -0.15) is 0 Å². The van der Waals surface area contributed by atoms with Crippen molar-refractivity contribution < 1.29 is 19.1 Å². The summed E-state index contributed by atoms with van der Waals surface area (Å²) in [4.78, 5) is 23.5. The molecule has 0 unspecified atom stereocenters. The second-order valence-electron chi connectivity index (χ2n) is 4.05. The van der Waals surface area contributed by atoms with Gasteiger partial charge < -0.3 is 20.5 Å². The van der Waals surface area contributed by atoms with E-state index in [2.05, 4.69) is 5.32 Å². The molecule has 0 aliphatic rings. The molecule has 0 spiro atoms. The molecule has 2 rings (SSSR count). The number of hydrogen-bond acceptors (Lipinski definition) is 5. The number of carbonyl (C=O) groups excluding carboxylic acids is 2. The number of nitrogens with two attached hydrogens (primary N) is 1. The summed E-state index contributed by atoms with van der Waals surface area (Å²) in [6, 6.07) is 6.41. The van der Waals surface area contributed by atoms with Crippen LogP contribution < -0.4 is 20.5 Å². The van der Waals surface area contributed by atoms with Gasteiger partial charge in [-0.05, 0) is 23.6 Å². The summed E-state index contributed by atoms with van der Waals surface area (Å²) >= 11 is 1.22. The Labute approximate surface area is 125 Å². The first-order valence-corrected chi connectivity index (χ1v) is 6.85. The number of nitrogens with one attached hydrogen (secondary N) is 1. The van der Waals surface area contributed by atoms with E-state index in [9.17, 15) is 9.59 Å². The van der Waals surface area contributed by atoms with Gasteiger partial charge in [0.15, 0.2) is 0 Å². The maximum absolute atomic E-state index is 12.3. The van der Waals surface area contributed by atoms with E-state index in [-0.39, 0.29) is 11.5 Å². The summed E-state index contributed by atoms with van der Waals surface area (Å²) in [7, 11) is 2.99. The molecule has 0 atom stereocenters. The van der Waals surface area contributed by atoms with Crippen molar-refractivity contribution in [3.8, 4) is 11.5 Å². The molecule has 0 aliphatic heterocycles. The molecule has 0 fully saturated rings. The number of anilines is 1. The Balaban J connectivity index is 2.28. The van der Waals surface area contributed by atoms with Crippen molar-refractivity contribution in [1.82, 2.24) is 0 Å². The Hall–Kier alpha value is -2.54. The fourth-order valence-electron chi connectivity index (χ4n) is 1.76. The number of amides is 2. The molecule has 1 heterocycles. The van der Waals surface area contributed by atoms with E-state index in [0.29, 0.717) is 22.1 Å². The van der Waals surface area contributed by atoms with Gasteiger partial charge in [-0.25, -0.2) is 0 Å². The number of methoxy groups -OCH3 is 2. The standard InChI is InChI=1S/C14H14N2O4S/c1-19-8-3-4-9(11(7-8)20-2)13(18)16-14-10(12(15)17)5-6-21-14/h3-7H,1-2H3,(H2,15,17)(H,16,18). The Morgan fingerprint density at radius 2 is 1.90 bits per heavy atom. The van der Waals surface area contributed by atoms with Crippen LogP contribution in [-0.4, -0.2) is 26.0 Å². The van der Waals surface area contributed by atoms with Crippen molar-refractivity contribution in [2.24, 2.45) is 5.73 Å². The molecule has 0 saturated heterocycles. The van der Waals surface area contributed by atoms with Crippen molar-refractivity contribution in [3.05, 3.63) is 40.8 Å². The highest BCUT2D eigenvalue weighted by Gasteiger charge is 2.17. The molecule has 1 aromatic carbocycles. The predicted molar refractivity (Wildman–Crippen MR) is 80.3 cm³/mol. The van der Waals surface area contributed by atoms with E-state index in [1.165, 1.54) is 25.6 Å². The molecule has 2 amide bonds. The van der Waals surface area contributed by atoms with Gasteiger partial charge in [0.05, 0.1) is 25.3 Å². The molecule has 0 saturated carbocycles. The fraction of sp³-hybridized carbons (Fsp3) is 0.143. The van der Waals surface area contributed by atoms with Crippen LogP contribution in [0.25, 0.3) is 0 Å². The van der Waals surface area contributed by atoms with Crippen LogP contribution in [0.5, 0.6) is 11.5 Å². The molecule has 7 heteroatoms. The van der Waals surface area contributed by atoms with E-state index in [4.69, 9.17) is 15.2 Å². The second kappa shape index (κ2) is 6.27. The normalized spacial score (nSPS) is 10.0. The maximum atomic E-state index is 12.3. The average Bonchev–Trinajstić information content (AvgIpc) is 2.94. The molecule has 21 heavy (non-hydrogen) atoms. The Morgan fingerprint density at radius 3 is 2.52 bits per heavy atom.